The first-order valence-electron chi connectivity index (χ1n) is 4.29. The summed E-state index contributed by atoms with van der Waals surface area (Å²) in [4.78, 5) is 17.3. The van der Waals surface area contributed by atoms with E-state index in [9.17, 15) is 4.79 Å². The van der Waals surface area contributed by atoms with Crippen LogP contribution < -0.4 is 0 Å². The first kappa shape index (κ1) is 9.77. The Bertz CT molecular complexity index is 315. The molecule has 0 aliphatic heterocycles. The van der Waals surface area contributed by atoms with E-state index in [1.807, 2.05) is 6.92 Å². The Balaban J connectivity index is 2.90. The summed E-state index contributed by atoms with van der Waals surface area (Å²) in [7, 11) is 0. The van der Waals surface area contributed by atoms with Crippen molar-refractivity contribution < 1.29 is 9.90 Å². The Morgan fingerprint density at radius 1 is 1.62 bits per heavy atom. The van der Waals surface area contributed by atoms with Crippen molar-refractivity contribution in [3.05, 3.63) is 17.2 Å². The fraction of sp³-hybridized carbons (Fsp3) is 0.556. The molecule has 4 nitrogen and oxygen atoms in total. The molecular weight excluding hydrogens is 168 g/mol. The number of aromatic carboxylic acids is 1. The normalized spacial score (nSPS) is 10.8. The van der Waals surface area contributed by atoms with Crippen molar-refractivity contribution in [2.45, 2.75) is 27.2 Å². The van der Waals surface area contributed by atoms with Gasteiger partial charge in [0.15, 0.2) is 0 Å². The highest BCUT2D eigenvalue weighted by Crippen LogP contribution is 2.10. The van der Waals surface area contributed by atoms with Crippen molar-refractivity contribution in [1.82, 2.24) is 9.97 Å². The van der Waals surface area contributed by atoms with Crippen LogP contribution in [0.4, 0.5) is 0 Å². The summed E-state index contributed by atoms with van der Waals surface area (Å²) >= 11 is 0. The number of hydrogen-bond acceptors (Lipinski definition) is 2. The second kappa shape index (κ2) is 3.60. The van der Waals surface area contributed by atoms with Crippen molar-refractivity contribution in [2.75, 3.05) is 0 Å². The zero-order valence-corrected chi connectivity index (χ0v) is 8.09. The molecule has 0 radical (unpaired) electrons. The molecule has 0 aromatic carbocycles. The molecule has 0 spiro atoms. The van der Waals surface area contributed by atoms with Crippen molar-refractivity contribution >= 4 is 5.97 Å². The summed E-state index contributed by atoms with van der Waals surface area (Å²) < 4.78 is 0. The molecule has 1 rings (SSSR count). The Kier molecular flexibility index (Phi) is 2.70. The smallest absolute Gasteiger partial charge is 0.371 e. The fourth-order valence-corrected chi connectivity index (χ4v) is 1.18. The number of carbonyl (C=O) groups is 1. The van der Waals surface area contributed by atoms with Crippen LogP contribution in [0.25, 0.3) is 0 Å². The SMILES string of the molecule is Cc1[nH]c(C(=O)O)nc1CC(C)C. The van der Waals surface area contributed by atoms with Crippen LogP contribution in [0, 0.1) is 12.8 Å². The van der Waals surface area contributed by atoms with Crippen molar-refractivity contribution in [3.8, 4) is 0 Å². The van der Waals surface area contributed by atoms with Gasteiger partial charge in [-0.1, -0.05) is 13.8 Å². The van der Waals surface area contributed by atoms with Gasteiger partial charge in [0, 0.05) is 5.69 Å². The van der Waals surface area contributed by atoms with E-state index in [1.54, 1.807) is 0 Å². The van der Waals surface area contributed by atoms with Gasteiger partial charge in [0.25, 0.3) is 0 Å². The van der Waals surface area contributed by atoms with Crippen LogP contribution in [-0.4, -0.2) is 21.0 Å². The summed E-state index contributed by atoms with van der Waals surface area (Å²) in [5, 5.41) is 8.66. The summed E-state index contributed by atoms with van der Waals surface area (Å²) in [5.41, 5.74) is 1.71. The van der Waals surface area contributed by atoms with E-state index in [1.165, 1.54) is 0 Å². The Morgan fingerprint density at radius 2 is 2.23 bits per heavy atom. The van der Waals surface area contributed by atoms with Gasteiger partial charge in [-0.15, -0.1) is 0 Å². The number of carboxylic acid groups (broad SMARTS) is 1. The van der Waals surface area contributed by atoms with E-state index >= 15 is 0 Å². The van der Waals surface area contributed by atoms with Gasteiger partial charge in [0.1, 0.15) is 0 Å². The summed E-state index contributed by atoms with van der Waals surface area (Å²) in [6, 6.07) is 0. The van der Waals surface area contributed by atoms with Crippen LogP contribution in [0.3, 0.4) is 0 Å². The third-order valence-corrected chi connectivity index (χ3v) is 1.79. The highest BCUT2D eigenvalue weighted by Gasteiger charge is 2.12. The molecule has 0 unspecified atom stereocenters. The lowest BCUT2D eigenvalue weighted by Gasteiger charge is -2.00. The molecule has 4 heteroatoms. The van der Waals surface area contributed by atoms with Crippen molar-refractivity contribution in [3.63, 3.8) is 0 Å². The van der Waals surface area contributed by atoms with Gasteiger partial charge in [0.05, 0.1) is 5.69 Å². The molecule has 0 atom stereocenters. The summed E-state index contributed by atoms with van der Waals surface area (Å²) in [5.74, 6) is -0.477. The van der Waals surface area contributed by atoms with Gasteiger partial charge in [-0.3, -0.25) is 0 Å². The molecule has 2 N–H and O–H groups in total. The quantitative estimate of drug-likeness (QED) is 0.746. The van der Waals surface area contributed by atoms with Gasteiger partial charge in [-0.05, 0) is 19.3 Å². The average Bonchev–Trinajstić information content (AvgIpc) is 2.31. The molecule has 0 saturated carbocycles. The molecule has 0 aliphatic rings. The van der Waals surface area contributed by atoms with E-state index < -0.39 is 5.97 Å². The average molecular weight is 182 g/mol. The maximum Gasteiger partial charge on any atom is 0.371 e. The summed E-state index contributed by atoms with van der Waals surface area (Å²) in [6.07, 6.45) is 0.815. The highest BCUT2D eigenvalue weighted by molar-refractivity contribution is 5.83. The fourth-order valence-electron chi connectivity index (χ4n) is 1.18. The molecule has 1 aromatic rings. The number of H-pyrrole nitrogens is 1. The third kappa shape index (κ3) is 2.31. The number of imidazole rings is 1. The number of aromatic amines is 1. The number of aryl methyl sites for hydroxylation is 1. The molecule has 0 aliphatic carbocycles. The molecule has 0 bridgehead atoms. The van der Waals surface area contributed by atoms with Crippen LogP contribution in [0.5, 0.6) is 0 Å². The lowest BCUT2D eigenvalue weighted by Crippen LogP contribution is -2.00. The van der Waals surface area contributed by atoms with Gasteiger partial charge in [-0.25, -0.2) is 9.78 Å². The molecule has 1 heterocycles. The molecule has 1 aromatic heterocycles. The van der Waals surface area contributed by atoms with Crippen LogP contribution in [-0.2, 0) is 6.42 Å². The minimum Gasteiger partial charge on any atom is -0.475 e. The van der Waals surface area contributed by atoms with E-state index in [4.69, 9.17) is 5.11 Å². The van der Waals surface area contributed by atoms with Crippen molar-refractivity contribution in [2.24, 2.45) is 5.92 Å². The highest BCUT2D eigenvalue weighted by atomic mass is 16.4. The first-order valence-corrected chi connectivity index (χ1v) is 4.29. The Morgan fingerprint density at radius 3 is 2.62 bits per heavy atom. The largest absolute Gasteiger partial charge is 0.475 e. The molecule has 0 amide bonds. The molecule has 72 valence electrons. The monoisotopic (exact) mass is 182 g/mol. The molecule has 0 fully saturated rings. The number of nitrogens with zero attached hydrogens (tertiary/aromatic N) is 1. The zero-order chi connectivity index (χ0) is 10.0. The van der Waals surface area contributed by atoms with Crippen LogP contribution in [0.2, 0.25) is 0 Å². The Hall–Kier alpha value is -1.32. The number of aromatic nitrogens is 2. The van der Waals surface area contributed by atoms with E-state index in [2.05, 4.69) is 23.8 Å². The summed E-state index contributed by atoms with van der Waals surface area (Å²) in [6.45, 7) is 6.00. The maximum atomic E-state index is 10.6. The van der Waals surface area contributed by atoms with E-state index in [0.717, 1.165) is 17.8 Å². The minimum absolute atomic E-state index is 0.0353. The Labute approximate surface area is 77.0 Å². The van der Waals surface area contributed by atoms with E-state index in [0.29, 0.717) is 5.92 Å². The lowest BCUT2D eigenvalue weighted by molar-refractivity contribution is 0.0684. The third-order valence-electron chi connectivity index (χ3n) is 1.79. The predicted molar refractivity (Wildman–Crippen MR) is 48.8 cm³/mol. The van der Waals surface area contributed by atoms with Gasteiger partial charge >= 0.3 is 5.97 Å². The second-order valence-corrected chi connectivity index (χ2v) is 3.56. The second-order valence-electron chi connectivity index (χ2n) is 3.56. The predicted octanol–water partition coefficient (Wildman–Crippen LogP) is 1.61. The standard InChI is InChI=1S/C9H14N2O2/c1-5(2)4-7-6(3)10-8(11-7)9(12)13/h5H,4H2,1-3H3,(H,10,11)(H,12,13). The number of hydrogen-bond donors (Lipinski definition) is 2. The van der Waals surface area contributed by atoms with Crippen LogP contribution >= 0.6 is 0 Å². The molecule has 13 heavy (non-hydrogen) atoms. The number of rotatable bonds is 3. The maximum absolute atomic E-state index is 10.6. The lowest BCUT2D eigenvalue weighted by atomic mass is 10.1. The van der Waals surface area contributed by atoms with Gasteiger partial charge in [-0.2, -0.15) is 0 Å². The van der Waals surface area contributed by atoms with Crippen molar-refractivity contribution in [1.29, 1.82) is 0 Å². The molecule has 0 saturated heterocycles. The minimum atomic E-state index is -1.00. The first-order chi connectivity index (χ1) is 6.00. The topological polar surface area (TPSA) is 66.0 Å². The van der Waals surface area contributed by atoms with Gasteiger partial charge in [0.2, 0.25) is 5.82 Å². The van der Waals surface area contributed by atoms with E-state index in [-0.39, 0.29) is 5.82 Å². The zero-order valence-electron chi connectivity index (χ0n) is 8.09. The number of carboxylic acids is 1. The molecular formula is C9H14N2O2. The van der Waals surface area contributed by atoms with Crippen LogP contribution in [0.1, 0.15) is 35.9 Å². The van der Waals surface area contributed by atoms with Crippen LogP contribution in [0.15, 0.2) is 0 Å². The van der Waals surface area contributed by atoms with Gasteiger partial charge < -0.3 is 10.1 Å². The number of nitrogens with one attached hydrogen (secondary N) is 1.